The number of hydrogen-bond donors (Lipinski definition) is 1. The maximum Gasteiger partial charge on any atom is 0.471 e. The highest BCUT2D eigenvalue weighted by Gasteiger charge is 2.45. The van der Waals surface area contributed by atoms with Gasteiger partial charge in [0.1, 0.15) is 0 Å². The van der Waals surface area contributed by atoms with Crippen molar-refractivity contribution in [2.45, 2.75) is 31.5 Å². The molecule has 17 heavy (non-hydrogen) atoms. The minimum Gasteiger partial charge on any atom is -0.394 e. The van der Waals surface area contributed by atoms with E-state index in [4.69, 9.17) is 9.84 Å². The van der Waals surface area contributed by atoms with Crippen LogP contribution >= 0.6 is 0 Å². The second-order valence-corrected chi connectivity index (χ2v) is 3.94. The molecule has 1 atom stereocenters. The molecule has 1 amide bonds. The Labute approximate surface area is 97.3 Å². The molecular formula is C10H16F3NO3. The number of alkyl halides is 3. The predicted molar refractivity (Wildman–Crippen MR) is 53.3 cm³/mol. The lowest BCUT2D eigenvalue weighted by Crippen LogP contribution is -2.51. The van der Waals surface area contributed by atoms with E-state index in [2.05, 4.69) is 0 Å². The molecule has 0 aromatic heterocycles. The van der Waals surface area contributed by atoms with Crippen LogP contribution in [0.5, 0.6) is 0 Å². The molecule has 1 aliphatic heterocycles. The van der Waals surface area contributed by atoms with E-state index in [1.54, 1.807) is 0 Å². The molecule has 1 N–H and O–H groups in total. The Kier molecular flexibility index (Phi) is 5.20. The largest absolute Gasteiger partial charge is 0.471 e. The average Bonchev–Trinajstić information content (AvgIpc) is 2.28. The average molecular weight is 255 g/mol. The van der Waals surface area contributed by atoms with Crippen molar-refractivity contribution in [3.05, 3.63) is 0 Å². The highest BCUT2D eigenvalue weighted by Crippen LogP contribution is 2.25. The van der Waals surface area contributed by atoms with Crippen LogP contribution in [0.25, 0.3) is 0 Å². The molecule has 0 aromatic rings. The van der Waals surface area contributed by atoms with Crippen molar-refractivity contribution < 1.29 is 27.8 Å². The summed E-state index contributed by atoms with van der Waals surface area (Å²) in [4.78, 5) is 12.0. The number of likely N-dealkylation sites (tertiary alicyclic amines) is 1. The fourth-order valence-electron chi connectivity index (χ4n) is 1.89. The van der Waals surface area contributed by atoms with Gasteiger partial charge in [0.05, 0.1) is 25.9 Å². The van der Waals surface area contributed by atoms with Gasteiger partial charge >= 0.3 is 12.1 Å². The van der Waals surface area contributed by atoms with E-state index in [1.165, 1.54) is 0 Å². The fourth-order valence-corrected chi connectivity index (χ4v) is 1.89. The molecule has 1 unspecified atom stereocenters. The smallest absolute Gasteiger partial charge is 0.394 e. The van der Waals surface area contributed by atoms with Crippen LogP contribution in [0.15, 0.2) is 0 Å². The molecule has 4 nitrogen and oxygen atoms in total. The van der Waals surface area contributed by atoms with Gasteiger partial charge in [-0.2, -0.15) is 13.2 Å². The van der Waals surface area contributed by atoms with Crippen LogP contribution in [-0.4, -0.2) is 54.5 Å². The third kappa shape index (κ3) is 4.16. The Morgan fingerprint density at radius 2 is 2.12 bits per heavy atom. The van der Waals surface area contributed by atoms with Gasteiger partial charge in [0.25, 0.3) is 0 Å². The predicted octanol–water partition coefficient (Wildman–Crippen LogP) is 0.939. The van der Waals surface area contributed by atoms with Crippen LogP contribution in [0, 0.1) is 0 Å². The normalized spacial score (nSPS) is 21.6. The molecule has 1 fully saturated rings. The molecular weight excluding hydrogens is 239 g/mol. The van der Waals surface area contributed by atoms with Gasteiger partial charge in [0, 0.05) is 6.54 Å². The minimum atomic E-state index is -4.83. The number of halogens is 3. The first kappa shape index (κ1) is 14.2. The first-order chi connectivity index (χ1) is 7.96. The SMILES string of the molecule is O=C(N1CCCCC1COCCO)C(F)(F)F. The van der Waals surface area contributed by atoms with Crippen LogP contribution in [0.3, 0.4) is 0 Å². The topological polar surface area (TPSA) is 49.8 Å². The molecule has 1 saturated heterocycles. The van der Waals surface area contributed by atoms with Crippen molar-refractivity contribution >= 4 is 5.91 Å². The zero-order valence-electron chi connectivity index (χ0n) is 9.37. The summed E-state index contributed by atoms with van der Waals surface area (Å²) < 4.78 is 42.0. The number of nitrogens with zero attached hydrogens (tertiary/aromatic N) is 1. The number of carbonyl (C=O) groups is 1. The van der Waals surface area contributed by atoms with Gasteiger partial charge in [-0.3, -0.25) is 4.79 Å². The van der Waals surface area contributed by atoms with E-state index in [1.807, 2.05) is 0 Å². The van der Waals surface area contributed by atoms with Crippen LogP contribution in [0.2, 0.25) is 0 Å². The summed E-state index contributed by atoms with van der Waals surface area (Å²) >= 11 is 0. The first-order valence-corrected chi connectivity index (χ1v) is 5.53. The third-order valence-corrected chi connectivity index (χ3v) is 2.68. The molecule has 0 saturated carbocycles. The summed E-state index contributed by atoms with van der Waals surface area (Å²) in [5.74, 6) is -1.80. The number of aliphatic hydroxyl groups excluding tert-OH is 1. The lowest BCUT2D eigenvalue weighted by Gasteiger charge is -2.35. The fraction of sp³-hybridized carbons (Fsp3) is 0.900. The number of amides is 1. The lowest BCUT2D eigenvalue weighted by molar-refractivity contribution is -0.190. The molecule has 0 radical (unpaired) electrons. The number of rotatable bonds is 4. The molecule has 1 rings (SSSR count). The molecule has 100 valence electrons. The number of piperidine rings is 1. The Morgan fingerprint density at radius 1 is 1.41 bits per heavy atom. The van der Waals surface area contributed by atoms with E-state index < -0.39 is 18.1 Å². The second-order valence-electron chi connectivity index (χ2n) is 3.94. The maximum absolute atomic E-state index is 12.3. The molecule has 0 bridgehead atoms. The van der Waals surface area contributed by atoms with Gasteiger partial charge in [-0.15, -0.1) is 0 Å². The van der Waals surface area contributed by atoms with Gasteiger partial charge < -0.3 is 14.7 Å². The molecule has 1 aliphatic rings. The second kappa shape index (κ2) is 6.20. The van der Waals surface area contributed by atoms with Gasteiger partial charge in [0.2, 0.25) is 0 Å². The molecule has 0 aliphatic carbocycles. The van der Waals surface area contributed by atoms with Crippen LogP contribution in [0.1, 0.15) is 19.3 Å². The van der Waals surface area contributed by atoms with Gasteiger partial charge in [-0.1, -0.05) is 0 Å². The third-order valence-electron chi connectivity index (χ3n) is 2.68. The van der Waals surface area contributed by atoms with Crippen molar-refractivity contribution in [1.29, 1.82) is 0 Å². The van der Waals surface area contributed by atoms with Crippen molar-refractivity contribution in [2.75, 3.05) is 26.4 Å². The van der Waals surface area contributed by atoms with E-state index >= 15 is 0 Å². The van der Waals surface area contributed by atoms with Crippen LogP contribution < -0.4 is 0 Å². The molecule has 0 spiro atoms. The van der Waals surface area contributed by atoms with Gasteiger partial charge in [-0.05, 0) is 19.3 Å². The first-order valence-electron chi connectivity index (χ1n) is 5.53. The number of hydrogen-bond acceptors (Lipinski definition) is 3. The van der Waals surface area contributed by atoms with E-state index in [-0.39, 0.29) is 26.4 Å². The zero-order chi connectivity index (χ0) is 12.9. The van der Waals surface area contributed by atoms with Crippen molar-refractivity contribution in [3.63, 3.8) is 0 Å². The van der Waals surface area contributed by atoms with Crippen molar-refractivity contribution in [3.8, 4) is 0 Å². The Bertz CT molecular complexity index is 258. The summed E-state index contributed by atoms with van der Waals surface area (Å²) in [5, 5.41) is 8.51. The number of ether oxygens (including phenoxy) is 1. The van der Waals surface area contributed by atoms with E-state index in [9.17, 15) is 18.0 Å². The zero-order valence-corrected chi connectivity index (χ0v) is 9.37. The van der Waals surface area contributed by atoms with E-state index in [0.717, 1.165) is 11.3 Å². The monoisotopic (exact) mass is 255 g/mol. The van der Waals surface area contributed by atoms with Gasteiger partial charge in [-0.25, -0.2) is 0 Å². The quantitative estimate of drug-likeness (QED) is 0.760. The summed E-state index contributed by atoms with van der Waals surface area (Å²) in [7, 11) is 0. The minimum absolute atomic E-state index is 0.0440. The molecule has 1 heterocycles. The highest BCUT2D eigenvalue weighted by molar-refractivity contribution is 5.82. The Morgan fingerprint density at radius 3 is 2.71 bits per heavy atom. The lowest BCUT2D eigenvalue weighted by atomic mass is 10.0. The van der Waals surface area contributed by atoms with E-state index in [0.29, 0.717) is 12.8 Å². The summed E-state index contributed by atoms with van der Waals surface area (Å²) in [6.45, 7) is 0.0539. The Hall–Kier alpha value is -0.820. The highest BCUT2D eigenvalue weighted by atomic mass is 19.4. The summed E-state index contributed by atoms with van der Waals surface area (Å²) in [5.41, 5.74) is 0. The summed E-state index contributed by atoms with van der Waals surface area (Å²) in [6, 6.07) is -0.538. The van der Waals surface area contributed by atoms with Crippen molar-refractivity contribution in [2.24, 2.45) is 0 Å². The molecule has 0 aromatic carbocycles. The number of carbonyl (C=O) groups excluding carboxylic acids is 1. The maximum atomic E-state index is 12.3. The van der Waals surface area contributed by atoms with Gasteiger partial charge in [0.15, 0.2) is 0 Å². The number of aliphatic hydroxyl groups is 1. The standard InChI is InChI=1S/C10H16F3NO3/c11-10(12,13)9(16)14-4-2-1-3-8(14)7-17-6-5-15/h8,15H,1-7H2. The van der Waals surface area contributed by atoms with Crippen LogP contribution in [-0.2, 0) is 9.53 Å². The summed E-state index contributed by atoms with van der Waals surface area (Å²) in [6.07, 6.45) is -2.95. The van der Waals surface area contributed by atoms with Crippen molar-refractivity contribution in [1.82, 2.24) is 4.90 Å². The molecule has 7 heteroatoms. The Balaban J connectivity index is 2.56. The van der Waals surface area contributed by atoms with Crippen LogP contribution in [0.4, 0.5) is 13.2 Å².